The van der Waals surface area contributed by atoms with Crippen molar-refractivity contribution in [3.05, 3.63) is 29.5 Å². The monoisotopic (exact) mass is 208 g/mol. The molecule has 2 aromatic rings. The summed E-state index contributed by atoms with van der Waals surface area (Å²) in [5.74, 6) is 0. The Morgan fingerprint density at radius 1 is 1.57 bits per heavy atom. The van der Waals surface area contributed by atoms with Gasteiger partial charge in [0.25, 0.3) is 0 Å². The fraction of sp³-hybridized carbons (Fsp3) is 0.300. The number of fused-ring (bicyclic) bond motifs is 1. The first-order chi connectivity index (χ1) is 6.74. The summed E-state index contributed by atoms with van der Waals surface area (Å²) in [7, 11) is 0. The molecule has 1 unspecified atom stereocenters. The summed E-state index contributed by atoms with van der Waals surface area (Å²) in [5.41, 5.74) is 7.33. The second-order valence-corrected chi connectivity index (χ2v) is 4.02. The number of nitrogens with two attached hydrogens (primary N) is 1. The van der Waals surface area contributed by atoms with Gasteiger partial charge in [-0.15, -0.1) is 0 Å². The molecule has 4 heteroatoms. The van der Waals surface area contributed by atoms with Gasteiger partial charge in [-0.1, -0.05) is 18.2 Å². The van der Waals surface area contributed by atoms with Gasteiger partial charge in [-0.3, -0.25) is 0 Å². The minimum absolute atomic E-state index is 0.246. The maximum Gasteiger partial charge on any atom is 0.0926 e. The molecule has 2 rings (SSSR count). The third-order valence-corrected chi connectivity index (χ3v) is 3.29. The van der Waals surface area contributed by atoms with Crippen molar-refractivity contribution in [3.8, 4) is 0 Å². The van der Waals surface area contributed by atoms with Crippen LogP contribution in [-0.4, -0.2) is 16.0 Å². The highest BCUT2D eigenvalue weighted by atomic mass is 32.1. The minimum atomic E-state index is -0.585. The van der Waals surface area contributed by atoms with Crippen LogP contribution in [0.4, 0.5) is 0 Å². The maximum absolute atomic E-state index is 9.69. The summed E-state index contributed by atoms with van der Waals surface area (Å²) < 4.78 is 5.31. The first-order valence-corrected chi connectivity index (χ1v) is 5.24. The van der Waals surface area contributed by atoms with E-state index in [0.717, 1.165) is 21.3 Å². The second kappa shape index (κ2) is 3.65. The summed E-state index contributed by atoms with van der Waals surface area (Å²) in [6.07, 6.45) is -0.585. The van der Waals surface area contributed by atoms with E-state index >= 15 is 0 Å². The lowest BCUT2D eigenvalue weighted by molar-refractivity contribution is 0.188. The third-order valence-electron chi connectivity index (χ3n) is 2.29. The van der Waals surface area contributed by atoms with Crippen LogP contribution in [0, 0.1) is 6.92 Å². The molecule has 1 aromatic heterocycles. The smallest absolute Gasteiger partial charge is 0.0926 e. The zero-order valence-electron chi connectivity index (χ0n) is 7.90. The molecule has 1 aromatic carbocycles. The lowest BCUT2D eigenvalue weighted by Gasteiger charge is -2.08. The predicted molar refractivity (Wildman–Crippen MR) is 58.4 cm³/mol. The third kappa shape index (κ3) is 1.41. The Bertz CT molecular complexity index is 452. The molecule has 0 spiro atoms. The van der Waals surface area contributed by atoms with Crippen molar-refractivity contribution >= 4 is 21.6 Å². The fourth-order valence-corrected chi connectivity index (χ4v) is 2.44. The molecule has 3 N–H and O–H groups in total. The van der Waals surface area contributed by atoms with Crippen LogP contribution >= 0.6 is 11.5 Å². The van der Waals surface area contributed by atoms with E-state index in [9.17, 15) is 5.11 Å². The molecule has 0 aliphatic carbocycles. The van der Waals surface area contributed by atoms with Crippen LogP contribution in [0.15, 0.2) is 18.2 Å². The Hall–Kier alpha value is -0.970. The van der Waals surface area contributed by atoms with Gasteiger partial charge in [0.15, 0.2) is 0 Å². The molecule has 0 bridgehead atoms. The van der Waals surface area contributed by atoms with E-state index < -0.39 is 6.10 Å². The molecule has 0 radical (unpaired) electrons. The average molecular weight is 208 g/mol. The van der Waals surface area contributed by atoms with Gasteiger partial charge >= 0.3 is 0 Å². The molecular formula is C10H12N2OS. The average Bonchev–Trinajstić information content (AvgIpc) is 2.59. The number of benzene rings is 1. The molecule has 1 heterocycles. The zero-order valence-corrected chi connectivity index (χ0v) is 8.71. The van der Waals surface area contributed by atoms with Crippen LogP contribution in [-0.2, 0) is 0 Å². The highest BCUT2D eigenvalue weighted by Gasteiger charge is 2.12. The van der Waals surface area contributed by atoms with Gasteiger partial charge in [0.1, 0.15) is 0 Å². The molecule has 0 aliphatic heterocycles. The second-order valence-electron chi connectivity index (χ2n) is 3.24. The number of aliphatic hydroxyl groups excluding tert-OH is 1. The number of nitrogens with zero attached hydrogens (tertiary/aromatic N) is 1. The minimum Gasteiger partial charge on any atom is -0.387 e. The van der Waals surface area contributed by atoms with Crippen molar-refractivity contribution in [2.24, 2.45) is 5.73 Å². The van der Waals surface area contributed by atoms with Gasteiger partial charge in [0.05, 0.1) is 16.5 Å². The van der Waals surface area contributed by atoms with Crippen molar-refractivity contribution in [1.82, 2.24) is 4.37 Å². The number of aliphatic hydroxyl groups is 1. The maximum atomic E-state index is 9.69. The molecule has 0 amide bonds. The van der Waals surface area contributed by atoms with Gasteiger partial charge in [-0.2, -0.15) is 4.37 Å². The molecule has 1 atom stereocenters. The molecular weight excluding hydrogens is 196 g/mol. The number of hydrogen-bond acceptors (Lipinski definition) is 4. The molecule has 0 aliphatic rings. The number of rotatable bonds is 2. The van der Waals surface area contributed by atoms with Crippen molar-refractivity contribution in [1.29, 1.82) is 0 Å². The van der Waals surface area contributed by atoms with Crippen LogP contribution in [0.1, 0.15) is 17.4 Å². The van der Waals surface area contributed by atoms with Crippen LogP contribution < -0.4 is 5.73 Å². The van der Waals surface area contributed by atoms with Gasteiger partial charge < -0.3 is 10.8 Å². The van der Waals surface area contributed by atoms with E-state index in [1.807, 2.05) is 25.1 Å². The van der Waals surface area contributed by atoms with E-state index in [2.05, 4.69) is 4.37 Å². The zero-order chi connectivity index (χ0) is 10.1. The lowest BCUT2D eigenvalue weighted by atomic mass is 10.1. The topological polar surface area (TPSA) is 59.1 Å². The van der Waals surface area contributed by atoms with Crippen molar-refractivity contribution in [3.63, 3.8) is 0 Å². The number of aryl methyl sites for hydroxylation is 1. The van der Waals surface area contributed by atoms with E-state index in [-0.39, 0.29) is 6.54 Å². The summed E-state index contributed by atoms with van der Waals surface area (Å²) in [5, 5.41) is 10.8. The Labute approximate surface area is 86.3 Å². The highest BCUT2D eigenvalue weighted by molar-refractivity contribution is 7.13. The molecule has 0 saturated heterocycles. The predicted octanol–water partition coefficient (Wildman–Crippen LogP) is 1.60. The Morgan fingerprint density at radius 3 is 3.07 bits per heavy atom. The standard InChI is InChI=1S/C10H12N2OS/c1-6-7-3-2-4-8(9(13)5-11)10(7)14-12-6/h2-4,9,13H,5,11H2,1H3. The lowest BCUT2D eigenvalue weighted by Crippen LogP contribution is -2.11. The van der Waals surface area contributed by atoms with Crippen LogP contribution in [0.3, 0.4) is 0 Å². The molecule has 3 nitrogen and oxygen atoms in total. The van der Waals surface area contributed by atoms with Gasteiger partial charge in [0.2, 0.25) is 0 Å². The van der Waals surface area contributed by atoms with E-state index in [0.29, 0.717) is 0 Å². The SMILES string of the molecule is Cc1nsc2c(C(O)CN)cccc12. The van der Waals surface area contributed by atoms with Crippen LogP contribution in [0.5, 0.6) is 0 Å². The van der Waals surface area contributed by atoms with Crippen molar-refractivity contribution in [2.45, 2.75) is 13.0 Å². The van der Waals surface area contributed by atoms with E-state index in [1.165, 1.54) is 11.5 Å². The largest absolute Gasteiger partial charge is 0.387 e. The van der Waals surface area contributed by atoms with E-state index in [1.54, 1.807) is 0 Å². The quantitative estimate of drug-likeness (QED) is 0.788. The first kappa shape index (κ1) is 9.58. The van der Waals surface area contributed by atoms with Gasteiger partial charge in [-0.25, -0.2) is 0 Å². The molecule has 0 fully saturated rings. The van der Waals surface area contributed by atoms with Crippen LogP contribution in [0.2, 0.25) is 0 Å². The van der Waals surface area contributed by atoms with Gasteiger partial charge in [0, 0.05) is 17.5 Å². The van der Waals surface area contributed by atoms with Crippen LogP contribution in [0.25, 0.3) is 10.1 Å². The number of hydrogen-bond donors (Lipinski definition) is 2. The molecule has 74 valence electrons. The Kier molecular flexibility index (Phi) is 2.50. The summed E-state index contributed by atoms with van der Waals surface area (Å²) in [4.78, 5) is 0. The highest BCUT2D eigenvalue weighted by Crippen LogP contribution is 2.29. The summed E-state index contributed by atoms with van der Waals surface area (Å²) >= 11 is 1.42. The fourth-order valence-electron chi connectivity index (χ4n) is 1.49. The van der Waals surface area contributed by atoms with E-state index in [4.69, 9.17) is 5.73 Å². The Balaban J connectivity index is 2.65. The van der Waals surface area contributed by atoms with Gasteiger partial charge in [-0.05, 0) is 18.5 Å². The molecule has 14 heavy (non-hydrogen) atoms. The number of aromatic nitrogens is 1. The van der Waals surface area contributed by atoms with Crippen molar-refractivity contribution < 1.29 is 5.11 Å². The Morgan fingerprint density at radius 2 is 2.36 bits per heavy atom. The first-order valence-electron chi connectivity index (χ1n) is 4.47. The summed E-state index contributed by atoms with van der Waals surface area (Å²) in [6, 6.07) is 5.84. The normalized spacial score (nSPS) is 13.4. The molecule has 0 saturated carbocycles. The summed E-state index contributed by atoms with van der Waals surface area (Å²) in [6.45, 7) is 2.22. The van der Waals surface area contributed by atoms with Crippen molar-refractivity contribution in [2.75, 3.05) is 6.54 Å².